The molecule has 0 atom stereocenters. The first kappa shape index (κ1) is 22.2. The van der Waals surface area contributed by atoms with Crippen molar-refractivity contribution >= 4 is 40.0 Å². The summed E-state index contributed by atoms with van der Waals surface area (Å²) in [6, 6.07) is 11.9. The van der Waals surface area contributed by atoms with Gasteiger partial charge in [0.25, 0.3) is 11.8 Å². The number of pyridine rings is 1. The summed E-state index contributed by atoms with van der Waals surface area (Å²) >= 11 is 6.04. The average Bonchev–Trinajstić information content (AvgIpc) is 3.03. The number of unbranched alkanes of at least 4 members (excludes halogenated alkanes) is 5. The van der Waals surface area contributed by atoms with Crippen molar-refractivity contribution in [2.75, 3.05) is 18.4 Å². The minimum atomic E-state index is -0.625. The van der Waals surface area contributed by atoms with E-state index in [4.69, 9.17) is 11.6 Å². The maximum atomic E-state index is 13.9. The van der Waals surface area contributed by atoms with E-state index in [1.165, 1.54) is 23.1 Å². The van der Waals surface area contributed by atoms with Crippen LogP contribution in [0.5, 0.6) is 0 Å². The zero-order chi connectivity index (χ0) is 22.5. The van der Waals surface area contributed by atoms with Gasteiger partial charge in [0.2, 0.25) is 0 Å². The van der Waals surface area contributed by atoms with Gasteiger partial charge in [0.1, 0.15) is 5.82 Å². The van der Waals surface area contributed by atoms with Crippen molar-refractivity contribution in [2.45, 2.75) is 38.5 Å². The molecule has 1 N–H and O–H groups in total. The van der Waals surface area contributed by atoms with Crippen LogP contribution in [0.2, 0.25) is 5.02 Å². The van der Waals surface area contributed by atoms with Gasteiger partial charge in [0.05, 0.1) is 16.6 Å². The molecule has 4 rings (SSSR count). The third-order valence-corrected chi connectivity index (χ3v) is 6.01. The minimum absolute atomic E-state index is 0.0879. The van der Waals surface area contributed by atoms with Crippen molar-refractivity contribution in [1.29, 1.82) is 0 Å². The number of carbonyl (C=O) groups excluding carboxylic acids is 2. The lowest BCUT2D eigenvalue weighted by molar-refractivity contribution is 0.0650. The van der Waals surface area contributed by atoms with Crippen LogP contribution < -0.4 is 5.32 Å². The average molecular weight is 454 g/mol. The van der Waals surface area contributed by atoms with E-state index in [2.05, 4.69) is 10.3 Å². The first-order valence-corrected chi connectivity index (χ1v) is 11.4. The predicted octanol–water partition coefficient (Wildman–Crippen LogP) is 6.08. The van der Waals surface area contributed by atoms with E-state index >= 15 is 0 Å². The molecule has 0 bridgehead atoms. The molecule has 32 heavy (non-hydrogen) atoms. The highest BCUT2D eigenvalue weighted by Gasteiger charge is 2.37. The Morgan fingerprint density at radius 1 is 0.938 bits per heavy atom. The first-order chi connectivity index (χ1) is 15.6. The van der Waals surface area contributed by atoms with Crippen LogP contribution in [0.1, 0.15) is 59.2 Å². The first-order valence-electron chi connectivity index (χ1n) is 11.0. The monoisotopic (exact) mass is 453 g/mol. The van der Waals surface area contributed by atoms with Crippen molar-refractivity contribution in [1.82, 2.24) is 9.88 Å². The number of aromatic nitrogens is 1. The summed E-state index contributed by atoms with van der Waals surface area (Å²) in [6.45, 7) is 1.22. The second-order valence-electron chi connectivity index (χ2n) is 7.99. The number of nitrogens with one attached hydrogen (secondary N) is 1. The van der Waals surface area contributed by atoms with Crippen LogP contribution in [0.4, 0.5) is 10.1 Å². The minimum Gasteiger partial charge on any atom is -0.384 e. The number of nitrogens with zero attached hydrogens (tertiary/aromatic N) is 2. The molecule has 0 saturated carbocycles. The molecule has 2 amide bonds. The fraction of sp³-hybridized carbons (Fsp3) is 0.320. The van der Waals surface area contributed by atoms with Crippen molar-refractivity contribution in [2.24, 2.45) is 0 Å². The summed E-state index contributed by atoms with van der Waals surface area (Å²) in [7, 11) is 0. The number of benzene rings is 2. The van der Waals surface area contributed by atoms with Crippen LogP contribution in [-0.4, -0.2) is 34.8 Å². The van der Waals surface area contributed by atoms with Gasteiger partial charge in [-0.2, -0.15) is 0 Å². The number of imide groups is 1. The summed E-state index contributed by atoms with van der Waals surface area (Å²) in [5, 5.41) is 5.21. The Morgan fingerprint density at radius 3 is 2.53 bits per heavy atom. The van der Waals surface area contributed by atoms with Gasteiger partial charge < -0.3 is 5.32 Å². The Labute approximate surface area is 191 Å². The molecule has 0 saturated heterocycles. The standard InChI is InChI=1S/C25H25ClFN3O2/c26-17-10-11-18-21(12-14-29-22(18)16-17)28-13-5-3-1-2-4-6-15-30-24(31)19-8-7-9-20(27)23(19)25(30)32/h7-12,14,16H,1-6,13,15H2,(H,28,29). The molecule has 1 aliphatic heterocycles. The van der Waals surface area contributed by atoms with Gasteiger partial charge in [-0.05, 0) is 49.2 Å². The Balaban J connectivity index is 1.12. The predicted molar refractivity (Wildman–Crippen MR) is 125 cm³/mol. The van der Waals surface area contributed by atoms with Crippen LogP contribution in [0.15, 0.2) is 48.7 Å². The molecule has 1 aromatic heterocycles. The molecule has 2 aromatic carbocycles. The highest BCUT2D eigenvalue weighted by Crippen LogP contribution is 2.26. The lowest BCUT2D eigenvalue weighted by Gasteiger charge is -2.13. The van der Waals surface area contributed by atoms with Crippen molar-refractivity contribution in [3.05, 3.63) is 70.6 Å². The summed E-state index contributed by atoms with van der Waals surface area (Å²) < 4.78 is 13.9. The van der Waals surface area contributed by atoms with E-state index in [1.54, 1.807) is 6.20 Å². The summed E-state index contributed by atoms with van der Waals surface area (Å²) in [5.74, 6) is -1.53. The third-order valence-electron chi connectivity index (χ3n) is 5.78. The Hall–Kier alpha value is -2.99. The van der Waals surface area contributed by atoms with Gasteiger partial charge in [-0.1, -0.05) is 43.4 Å². The molecule has 3 aromatic rings. The van der Waals surface area contributed by atoms with E-state index in [0.717, 1.165) is 61.7 Å². The van der Waals surface area contributed by atoms with Gasteiger partial charge in [-0.15, -0.1) is 0 Å². The fourth-order valence-corrected chi connectivity index (χ4v) is 4.26. The quantitative estimate of drug-likeness (QED) is 0.298. The molecular weight excluding hydrogens is 429 g/mol. The van der Waals surface area contributed by atoms with E-state index < -0.39 is 11.7 Å². The number of hydrogen-bond donors (Lipinski definition) is 1. The second kappa shape index (κ2) is 10.1. The normalized spacial score (nSPS) is 13.1. The number of hydrogen-bond acceptors (Lipinski definition) is 4. The van der Waals surface area contributed by atoms with Crippen LogP contribution in [0.25, 0.3) is 10.9 Å². The highest BCUT2D eigenvalue weighted by molar-refractivity contribution is 6.31. The Morgan fingerprint density at radius 2 is 1.72 bits per heavy atom. The number of amides is 2. The molecule has 7 heteroatoms. The number of anilines is 1. The summed E-state index contributed by atoms with van der Waals surface area (Å²) in [6.07, 6.45) is 7.72. The molecule has 0 fully saturated rings. The lowest BCUT2D eigenvalue weighted by atomic mass is 10.1. The molecule has 0 unspecified atom stereocenters. The molecule has 0 aliphatic carbocycles. The van der Waals surface area contributed by atoms with Gasteiger partial charge in [-0.25, -0.2) is 4.39 Å². The van der Waals surface area contributed by atoms with Crippen LogP contribution >= 0.6 is 11.6 Å². The van der Waals surface area contributed by atoms with E-state index in [0.29, 0.717) is 11.6 Å². The maximum absolute atomic E-state index is 13.9. The van der Waals surface area contributed by atoms with Gasteiger partial charge in [-0.3, -0.25) is 19.5 Å². The maximum Gasteiger partial charge on any atom is 0.264 e. The fourth-order valence-electron chi connectivity index (χ4n) is 4.10. The molecule has 5 nitrogen and oxygen atoms in total. The number of rotatable bonds is 10. The largest absolute Gasteiger partial charge is 0.384 e. The number of fused-ring (bicyclic) bond motifs is 2. The zero-order valence-corrected chi connectivity index (χ0v) is 18.5. The highest BCUT2D eigenvalue weighted by atomic mass is 35.5. The molecule has 166 valence electrons. The van der Waals surface area contributed by atoms with Gasteiger partial charge >= 0.3 is 0 Å². The van der Waals surface area contributed by atoms with Gasteiger partial charge in [0.15, 0.2) is 0 Å². The Kier molecular flexibility index (Phi) is 7.00. The van der Waals surface area contributed by atoms with E-state index in [9.17, 15) is 14.0 Å². The van der Waals surface area contributed by atoms with Crippen LogP contribution in [0, 0.1) is 5.82 Å². The Bertz CT molecular complexity index is 1150. The molecule has 1 aliphatic rings. The number of carbonyl (C=O) groups is 2. The van der Waals surface area contributed by atoms with E-state index in [1.807, 2.05) is 24.3 Å². The second-order valence-corrected chi connectivity index (χ2v) is 8.43. The third kappa shape index (κ3) is 4.75. The molecule has 0 spiro atoms. The topological polar surface area (TPSA) is 62.3 Å². The van der Waals surface area contributed by atoms with Crippen molar-refractivity contribution < 1.29 is 14.0 Å². The lowest BCUT2D eigenvalue weighted by Crippen LogP contribution is -2.30. The SMILES string of the molecule is O=C1c2cccc(F)c2C(=O)N1CCCCCCCCNc1ccnc2cc(Cl)ccc12. The smallest absolute Gasteiger partial charge is 0.264 e. The van der Waals surface area contributed by atoms with E-state index in [-0.39, 0.29) is 17.0 Å². The number of halogens is 2. The van der Waals surface area contributed by atoms with Crippen LogP contribution in [-0.2, 0) is 0 Å². The van der Waals surface area contributed by atoms with Crippen molar-refractivity contribution in [3.63, 3.8) is 0 Å². The summed E-state index contributed by atoms with van der Waals surface area (Å²) in [4.78, 5) is 30.2. The summed E-state index contributed by atoms with van der Waals surface area (Å²) in [5.41, 5.74) is 2.02. The molecule has 2 heterocycles. The van der Waals surface area contributed by atoms with Crippen LogP contribution in [0.3, 0.4) is 0 Å². The molecule has 0 radical (unpaired) electrons. The van der Waals surface area contributed by atoms with Gasteiger partial charge in [0, 0.05) is 35.4 Å². The zero-order valence-electron chi connectivity index (χ0n) is 17.7. The molecular formula is C25H25ClFN3O2. The van der Waals surface area contributed by atoms with Crippen molar-refractivity contribution in [3.8, 4) is 0 Å².